The Balaban J connectivity index is 1.65. The van der Waals surface area contributed by atoms with Crippen molar-refractivity contribution >= 4 is 17.6 Å². The van der Waals surface area contributed by atoms with Gasteiger partial charge in [0.1, 0.15) is 18.1 Å². The summed E-state index contributed by atoms with van der Waals surface area (Å²) >= 11 is 6.05. The zero-order valence-electron chi connectivity index (χ0n) is 14.5. The maximum Gasteiger partial charge on any atom is 0.314 e. The van der Waals surface area contributed by atoms with Crippen molar-refractivity contribution in [2.24, 2.45) is 0 Å². The van der Waals surface area contributed by atoms with E-state index >= 15 is 0 Å². The predicted molar refractivity (Wildman–Crippen MR) is 99.8 cm³/mol. The Hall–Kier alpha value is -2.40. The number of hydrogen-bond acceptors (Lipinski definition) is 3. The minimum absolute atomic E-state index is 0.228. The third kappa shape index (κ3) is 6.19. The average Bonchev–Trinajstić information content (AvgIpc) is 2.62. The van der Waals surface area contributed by atoms with Gasteiger partial charge in [0.05, 0.1) is 18.7 Å². The second kappa shape index (κ2) is 9.79. The van der Waals surface area contributed by atoms with Gasteiger partial charge in [0.25, 0.3) is 0 Å². The normalized spacial score (nSPS) is 10.2. The van der Waals surface area contributed by atoms with Crippen molar-refractivity contribution in [3.63, 3.8) is 0 Å². The quantitative estimate of drug-likeness (QED) is 0.706. The minimum atomic E-state index is -0.228. The van der Waals surface area contributed by atoms with E-state index in [2.05, 4.69) is 10.6 Å². The lowest BCUT2D eigenvalue weighted by Gasteiger charge is -2.11. The van der Waals surface area contributed by atoms with Gasteiger partial charge in [0.15, 0.2) is 0 Å². The highest BCUT2D eigenvalue weighted by Gasteiger charge is 2.04. The fraction of sp³-hybridized carbons (Fsp3) is 0.316. The highest BCUT2D eigenvalue weighted by atomic mass is 35.5. The van der Waals surface area contributed by atoms with Crippen LogP contribution in [-0.2, 0) is 6.42 Å². The van der Waals surface area contributed by atoms with Crippen molar-refractivity contribution in [1.29, 1.82) is 0 Å². The van der Waals surface area contributed by atoms with Gasteiger partial charge in [-0.3, -0.25) is 0 Å². The molecule has 2 aromatic rings. The summed E-state index contributed by atoms with van der Waals surface area (Å²) in [6.07, 6.45) is 0.701. The molecule has 0 fully saturated rings. The van der Waals surface area contributed by atoms with Crippen LogP contribution in [0, 0.1) is 6.92 Å². The van der Waals surface area contributed by atoms with Crippen LogP contribution in [0.1, 0.15) is 11.1 Å². The first kappa shape index (κ1) is 18.9. The van der Waals surface area contributed by atoms with Crippen LogP contribution in [0.15, 0.2) is 42.5 Å². The number of rotatable bonds is 8. The molecule has 0 unspecified atom stereocenters. The second-order valence-corrected chi connectivity index (χ2v) is 5.93. The van der Waals surface area contributed by atoms with Gasteiger partial charge >= 0.3 is 6.03 Å². The Kier molecular flexibility index (Phi) is 7.41. The first-order valence-corrected chi connectivity index (χ1v) is 8.50. The summed E-state index contributed by atoms with van der Waals surface area (Å²) in [6, 6.07) is 13.1. The highest BCUT2D eigenvalue weighted by Crippen LogP contribution is 2.24. The number of carbonyl (C=O) groups is 1. The van der Waals surface area contributed by atoms with E-state index in [0.717, 1.165) is 16.9 Å². The molecule has 2 rings (SSSR count). The molecule has 6 heteroatoms. The van der Waals surface area contributed by atoms with Gasteiger partial charge in [-0.05, 0) is 42.7 Å². The molecule has 0 saturated heterocycles. The maximum atomic E-state index is 11.8. The number of amides is 2. The number of hydrogen-bond donors (Lipinski definition) is 2. The van der Waals surface area contributed by atoms with E-state index in [-0.39, 0.29) is 6.03 Å². The molecule has 2 N–H and O–H groups in total. The van der Waals surface area contributed by atoms with Crippen LogP contribution < -0.4 is 20.1 Å². The number of benzene rings is 2. The van der Waals surface area contributed by atoms with E-state index in [1.54, 1.807) is 13.2 Å². The number of halogens is 1. The second-order valence-electron chi connectivity index (χ2n) is 5.53. The molecule has 0 atom stereocenters. The van der Waals surface area contributed by atoms with Crippen LogP contribution in [0.25, 0.3) is 0 Å². The maximum absolute atomic E-state index is 11.8. The summed E-state index contributed by atoms with van der Waals surface area (Å²) in [5.74, 6) is 1.45. The molecule has 0 bridgehead atoms. The van der Waals surface area contributed by atoms with Gasteiger partial charge in [0.2, 0.25) is 0 Å². The Labute approximate surface area is 153 Å². The van der Waals surface area contributed by atoms with Gasteiger partial charge in [-0.2, -0.15) is 0 Å². The van der Waals surface area contributed by atoms with E-state index in [1.165, 1.54) is 0 Å². The van der Waals surface area contributed by atoms with E-state index < -0.39 is 0 Å². The van der Waals surface area contributed by atoms with Crippen LogP contribution in [0.2, 0.25) is 5.02 Å². The molecule has 0 aliphatic heterocycles. The van der Waals surface area contributed by atoms with Gasteiger partial charge < -0.3 is 20.1 Å². The fourth-order valence-corrected chi connectivity index (χ4v) is 2.50. The number of carbonyl (C=O) groups excluding carboxylic acids is 1. The van der Waals surface area contributed by atoms with Crippen molar-refractivity contribution in [3.8, 4) is 11.5 Å². The Bertz CT molecular complexity index is 707. The summed E-state index contributed by atoms with van der Waals surface area (Å²) in [5.41, 5.74) is 2.13. The molecule has 134 valence electrons. The molecule has 0 aromatic heterocycles. The largest absolute Gasteiger partial charge is 0.496 e. The smallest absolute Gasteiger partial charge is 0.314 e. The molecular weight excluding hydrogens is 340 g/mol. The van der Waals surface area contributed by atoms with Crippen LogP contribution in [0.5, 0.6) is 11.5 Å². The fourth-order valence-electron chi connectivity index (χ4n) is 2.33. The average molecular weight is 363 g/mol. The number of para-hydroxylation sites is 1. The van der Waals surface area contributed by atoms with Gasteiger partial charge in [-0.25, -0.2) is 4.79 Å². The lowest BCUT2D eigenvalue weighted by Crippen LogP contribution is -2.38. The Morgan fingerprint density at radius 1 is 1.08 bits per heavy atom. The summed E-state index contributed by atoms with van der Waals surface area (Å²) in [4.78, 5) is 11.8. The molecule has 2 amide bonds. The molecule has 0 radical (unpaired) electrons. The van der Waals surface area contributed by atoms with E-state index in [4.69, 9.17) is 21.1 Å². The SMILES string of the molecule is COc1ccccc1CCNC(=O)NCCOc1cc(C)ccc1Cl. The molecule has 2 aromatic carbocycles. The molecule has 25 heavy (non-hydrogen) atoms. The zero-order valence-corrected chi connectivity index (χ0v) is 15.2. The summed E-state index contributed by atoms with van der Waals surface area (Å²) < 4.78 is 10.9. The van der Waals surface area contributed by atoms with Crippen LogP contribution in [0.3, 0.4) is 0 Å². The lowest BCUT2D eigenvalue weighted by atomic mass is 10.1. The summed E-state index contributed by atoms with van der Waals surface area (Å²) in [6.45, 7) is 3.24. The van der Waals surface area contributed by atoms with Gasteiger partial charge in [0, 0.05) is 6.54 Å². The molecule has 0 aliphatic carbocycles. The van der Waals surface area contributed by atoms with Crippen molar-refractivity contribution < 1.29 is 14.3 Å². The monoisotopic (exact) mass is 362 g/mol. The van der Waals surface area contributed by atoms with Crippen molar-refractivity contribution in [2.45, 2.75) is 13.3 Å². The van der Waals surface area contributed by atoms with Crippen LogP contribution >= 0.6 is 11.6 Å². The standard InChI is InChI=1S/C19H23ClN2O3/c1-14-7-8-16(20)18(13-14)25-12-11-22-19(23)21-10-9-15-5-3-4-6-17(15)24-2/h3-8,13H,9-12H2,1-2H3,(H2,21,22,23). The molecular formula is C19H23ClN2O3. The number of aryl methyl sites for hydroxylation is 1. The van der Waals surface area contributed by atoms with E-state index in [9.17, 15) is 4.79 Å². The van der Waals surface area contributed by atoms with Gasteiger partial charge in [-0.15, -0.1) is 0 Å². The first-order valence-electron chi connectivity index (χ1n) is 8.12. The van der Waals surface area contributed by atoms with Crippen LogP contribution in [0.4, 0.5) is 4.79 Å². The summed E-state index contributed by atoms with van der Waals surface area (Å²) in [7, 11) is 1.64. The number of ether oxygens (including phenoxy) is 2. The lowest BCUT2D eigenvalue weighted by molar-refractivity contribution is 0.236. The minimum Gasteiger partial charge on any atom is -0.496 e. The number of nitrogens with one attached hydrogen (secondary N) is 2. The topological polar surface area (TPSA) is 59.6 Å². The van der Waals surface area contributed by atoms with E-state index in [0.29, 0.717) is 36.9 Å². The van der Waals surface area contributed by atoms with Gasteiger partial charge in [-0.1, -0.05) is 35.9 Å². The number of methoxy groups -OCH3 is 1. The van der Waals surface area contributed by atoms with Crippen LogP contribution in [-0.4, -0.2) is 32.8 Å². The number of urea groups is 1. The molecule has 0 heterocycles. The predicted octanol–water partition coefficient (Wildman–Crippen LogP) is 3.58. The Morgan fingerprint density at radius 3 is 2.64 bits per heavy atom. The first-order chi connectivity index (χ1) is 12.1. The molecule has 0 aliphatic rings. The third-order valence-corrected chi connectivity index (χ3v) is 3.92. The molecule has 0 spiro atoms. The van der Waals surface area contributed by atoms with Crippen molar-refractivity contribution in [1.82, 2.24) is 10.6 Å². The third-order valence-electron chi connectivity index (χ3n) is 3.60. The van der Waals surface area contributed by atoms with E-state index in [1.807, 2.05) is 43.3 Å². The van der Waals surface area contributed by atoms with Crippen molar-refractivity contribution in [3.05, 3.63) is 58.6 Å². The Morgan fingerprint density at radius 2 is 1.84 bits per heavy atom. The van der Waals surface area contributed by atoms with Crippen molar-refractivity contribution in [2.75, 3.05) is 26.8 Å². The highest BCUT2D eigenvalue weighted by molar-refractivity contribution is 6.32. The summed E-state index contributed by atoms with van der Waals surface area (Å²) in [5, 5.41) is 6.13. The molecule has 5 nitrogen and oxygen atoms in total. The zero-order chi connectivity index (χ0) is 18.1. The molecule has 0 saturated carbocycles.